The summed E-state index contributed by atoms with van der Waals surface area (Å²) < 4.78 is 63.8. The zero-order valence-corrected chi connectivity index (χ0v) is 26.5. The zero-order chi connectivity index (χ0) is 30.9. The molecule has 0 saturated carbocycles. The molecular formula is C32H27Br2F3N2O4. The minimum Gasteiger partial charge on any atom is -0.497 e. The van der Waals surface area contributed by atoms with Crippen LogP contribution in [-0.2, 0) is 19.9 Å². The summed E-state index contributed by atoms with van der Waals surface area (Å²) in [6, 6.07) is 25.4. The van der Waals surface area contributed by atoms with E-state index in [9.17, 15) is 18.0 Å². The Hall–Kier alpha value is -3.54. The van der Waals surface area contributed by atoms with Crippen LogP contribution in [0.15, 0.2) is 99.9 Å². The molecule has 0 radical (unpaired) electrons. The number of rotatable bonds is 9. The number of esters is 1. The van der Waals surface area contributed by atoms with Crippen LogP contribution in [0.3, 0.4) is 0 Å². The summed E-state index contributed by atoms with van der Waals surface area (Å²) in [4.78, 5) is 13.7. The number of hydrogen-bond acceptors (Lipinski definition) is 5. The highest BCUT2D eigenvalue weighted by atomic mass is 79.9. The van der Waals surface area contributed by atoms with Crippen LogP contribution in [0.4, 0.5) is 18.9 Å². The lowest BCUT2D eigenvalue weighted by molar-refractivity contribution is -0.278. The molecule has 1 N–H and O–H groups in total. The van der Waals surface area contributed by atoms with Gasteiger partial charge in [0.1, 0.15) is 18.0 Å². The summed E-state index contributed by atoms with van der Waals surface area (Å²) in [6.45, 7) is 1.55. The Labute approximate surface area is 263 Å². The van der Waals surface area contributed by atoms with Crippen LogP contribution >= 0.6 is 31.9 Å². The van der Waals surface area contributed by atoms with E-state index in [1.165, 1.54) is 31.4 Å². The first kappa shape index (κ1) is 30.9. The molecule has 11 heteroatoms. The van der Waals surface area contributed by atoms with E-state index in [0.29, 0.717) is 11.4 Å². The second kappa shape index (κ2) is 12.2. The minimum atomic E-state index is -5.11. The third-order valence-electron chi connectivity index (χ3n) is 7.30. The van der Waals surface area contributed by atoms with Crippen LogP contribution in [0.2, 0.25) is 0 Å². The van der Waals surface area contributed by atoms with E-state index in [1.54, 1.807) is 37.3 Å². The van der Waals surface area contributed by atoms with Crippen LogP contribution in [0, 0.1) is 0 Å². The first-order valence-electron chi connectivity index (χ1n) is 13.2. The lowest BCUT2D eigenvalue weighted by Gasteiger charge is -2.35. The summed E-state index contributed by atoms with van der Waals surface area (Å²) in [5.74, 6) is -1.01. The first-order chi connectivity index (χ1) is 20.5. The van der Waals surface area contributed by atoms with Crippen molar-refractivity contribution in [3.8, 4) is 5.75 Å². The SMILES string of the molecule is COc1cccc(NC(C(C)OC(=O)C(OC)(c2ccccc2)C(F)(F)F)n2c3ccc(Br)cc3c3cc(Br)ccc32)c1. The number of methoxy groups -OCH3 is 2. The number of ether oxygens (including phenoxy) is 3. The Morgan fingerprint density at radius 3 is 1.98 bits per heavy atom. The van der Waals surface area contributed by atoms with Gasteiger partial charge in [-0.15, -0.1) is 0 Å². The van der Waals surface area contributed by atoms with Gasteiger partial charge in [-0.3, -0.25) is 0 Å². The largest absolute Gasteiger partial charge is 0.497 e. The molecule has 5 rings (SSSR count). The molecule has 0 aliphatic heterocycles. The Balaban J connectivity index is 1.67. The van der Waals surface area contributed by atoms with Gasteiger partial charge in [0.05, 0.1) is 18.1 Å². The van der Waals surface area contributed by atoms with Gasteiger partial charge in [-0.1, -0.05) is 68.3 Å². The lowest BCUT2D eigenvalue weighted by atomic mass is 9.92. The fraction of sp³-hybridized carbons (Fsp3) is 0.219. The van der Waals surface area contributed by atoms with Gasteiger partial charge in [-0.25, -0.2) is 4.79 Å². The number of anilines is 1. The molecule has 6 nitrogen and oxygen atoms in total. The summed E-state index contributed by atoms with van der Waals surface area (Å²) in [6.07, 6.45) is -7.11. The molecule has 3 atom stereocenters. The topological polar surface area (TPSA) is 61.7 Å². The molecule has 0 spiro atoms. The standard InChI is InChI=1S/C32H27Br2F3N2O4/c1-19(43-30(40)31(42-3,32(35,36)37)20-8-5-4-6-9-20)29(38-23-10-7-11-24(18-23)41-2)39-27-14-12-21(33)16-25(27)26-17-22(34)13-15-28(26)39/h4-19,29,38H,1-3H3. The molecular weight excluding hydrogens is 693 g/mol. The molecule has 3 unspecified atom stereocenters. The van der Waals surface area contributed by atoms with E-state index in [-0.39, 0.29) is 5.56 Å². The van der Waals surface area contributed by atoms with Crippen LogP contribution in [0.5, 0.6) is 5.75 Å². The predicted octanol–water partition coefficient (Wildman–Crippen LogP) is 8.97. The number of alkyl halides is 3. The summed E-state index contributed by atoms with van der Waals surface area (Å²) in [5, 5.41) is 5.17. The Bertz CT molecular complexity index is 1720. The molecule has 224 valence electrons. The third-order valence-corrected chi connectivity index (χ3v) is 8.29. The Kier molecular flexibility index (Phi) is 8.78. The van der Waals surface area contributed by atoms with E-state index in [1.807, 2.05) is 41.0 Å². The maximum absolute atomic E-state index is 14.7. The molecule has 0 bridgehead atoms. The van der Waals surface area contributed by atoms with Crippen LogP contribution in [0.25, 0.3) is 21.8 Å². The number of carbonyl (C=O) groups excluding carboxylic acids is 1. The average Bonchev–Trinajstić information content (AvgIpc) is 3.28. The van der Waals surface area contributed by atoms with E-state index < -0.39 is 30.0 Å². The van der Waals surface area contributed by atoms with Crippen molar-refractivity contribution in [1.82, 2.24) is 4.57 Å². The minimum absolute atomic E-state index is 0.383. The summed E-state index contributed by atoms with van der Waals surface area (Å²) in [7, 11) is 2.38. The van der Waals surface area contributed by atoms with E-state index in [0.717, 1.165) is 37.9 Å². The number of carbonyl (C=O) groups is 1. The van der Waals surface area contributed by atoms with Crippen molar-refractivity contribution < 1.29 is 32.2 Å². The zero-order valence-electron chi connectivity index (χ0n) is 23.3. The van der Waals surface area contributed by atoms with Gasteiger partial charge < -0.3 is 24.1 Å². The fourth-order valence-electron chi connectivity index (χ4n) is 5.28. The molecule has 0 aliphatic rings. The van der Waals surface area contributed by atoms with E-state index >= 15 is 0 Å². The Morgan fingerprint density at radius 2 is 1.44 bits per heavy atom. The second-order valence-corrected chi connectivity index (χ2v) is 11.7. The number of aromatic nitrogens is 1. The van der Waals surface area contributed by atoms with E-state index in [4.69, 9.17) is 14.2 Å². The number of benzene rings is 4. The van der Waals surface area contributed by atoms with Gasteiger partial charge >= 0.3 is 12.1 Å². The van der Waals surface area contributed by atoms with Gasteiger partial charge in [-0.2, -0.15) is 13.2 Å². The maximum atomic E-state index is 14.7. The summed E-state index contributed by atoms with van der Waals surface area (Å²) >= 11 is 7.09. The molecule has 0 amide bonds. The van der Waals surface area contributed by atoms with Crippen molar-refractivity contribution in [2.45, 2.75) is 31.0 Å². The average molecular weight is 720 g/mol. The monoisotopic (exact) mass is 718 g/mol. The normalized spacial score (nSPS) is 14.7. The highest BCUT2D eigenvalue weighted by molar-refractivity contribution is 9.10. The third kappa shape index (κ3) is 5.73. The number of nitrogens with zero attached hydrogens (tertiary/aromatic N) is 1. The van der Waals surface area contributed by atoms with Gasteiger partial charge in [0.25, 0.3) is 5.60 Å². The first-order valence-corrected chi connectivity index (χ1v) is 14.8. The lowest BCUT2D eigenvalue weighted by Crippen LogP contribution is -2.53. The number of nitrogens with one attached hydrogen (secondary N) is 1. The van der Waals surface area contributed by atoms with Crippen molar-refractivity contribution in [2.75, 3.05) is 19.5 Å². The highest BCUT2D eigenvalue weighted by Gasteiger charge is 2.64. The van der Waals surface area contributed by atoms with Gasteiger partial charge in [0.2, 0.25) is 0 Å². The Morgan fingerprint density at radius 1 is 0.837 bits per heavy atom. The maximum Gasteiger partial charge on any atom is 0.432 e. The van der Waals surface area contributed by atoms with E-state index in [2.05, 4.69) is 37.2 Å². The molecule has 43 heavy (non-hydrogen) atoms. The molecule has 5 aromatic rings. The van der Waals surface area contributed by atoms with Crippen molar-refractivity contribution in [2.24, 2.45) is 0 Å². The van der Waals surface area contributed by atoms with Gasteiger partial charge in [0, 0.05) is 44.1 Å². The van der Waals surface area contributed by atoms with Gasteiger partial charge in [-0.05, 0) is 55.5 Å². The van der Waals surface area contributed by atoms with Crippen molar-refractivity contribution in [3.05, 3.63) is 106 Å². The van der Waals surface area contributed by atoms with Crippen LogP contribution in [0.1, 0.15) is 18.7 Å². The van der Waals surface area contributed by atoms with Crippen molar-refractivity contribution in [3.63, 3.8) is 0 Å². The molecule has 1 aromatic heterocycles. The molecule has 1 heterocycles. The molecule has 0 fully saturated rings. The number of halogens is 5. The second-order valence-electron chi connectivity index (χ2n) is 9.87. The quantitative estimate of drug-likeness (QED) is 0.154. The summed E-state index contributed by atoms with van der Waals surface area (Å²) in [5.41, 5.74) is -1.56. The molecule has 4 aromatic carbocycles. The van der Waals surface area contributed by atoms with Crippen LogP contribution in [-0.4, -0.2) is 37.0 Å². The predicted molar refractivity (Wildman–Crippen MR) is 167 cm³/mol. The van der Waals surface area contributed by atoms with Crippen LogP contribution < -0.4 is 10.1 Å². The fourth-order valence-corrected chi connectivity index (χ4v) is 6.00. The molecule has 0 aliphatic carbocycles. The number of fused-ring (bicyclic) bond motifs is 3. The smallest absolute Gasteiger partial charge is 0.432 e. The highest BCUT2D eigenvalue weighted by Crippen LogP contribution is 2.44. The van der Waals surface area contributed by atoms with Gasteiger partial charge in [0.15, 0.2) is 0 Å². The molecule has 0 saturated heterocycles. The van der Waals surface area contributed by atoms with Crippen molar-refractivity contribution >= 4 is 65.3 Å². The number of hydrogen-bond donors (Lipinski definition) is 1. The van der Waals surface area contributed by atoms with Crippen molar-refractivity contribution in [1.29, 1.82) is 0 Å².